The van der Waals surface area contributed by atoms with Crippen molar-refractivity contribution in [3.8, 4) is 6.01 Å². The number of halogens is 4. The van der Waals surface area contributed by atoms with Crippen LogP contribution in [0.3, 0.4) is 0 Å². The first kappa shape index (κ1) is 18.8. The number of rotatable bonds is 5. The van der Waals surface area contributed by atoms with Gasteiger partial charge >= 0.3 is 18.2 Å². The van der Waals surface area contributed by atoms with Crippen LogP contribution < -0.4 is 15.4 Å². The van der Waals surface area contributed by atoms with E-state index in [1.807, 2.05) is 0 Å². The van der Waals surface area contributed by atoms with Gasteiger partial charge in [-0.05, 0) is 25.3 Å². The number of hydrogen-bond donors (Lipinski definition) is 1. The van der Waals surface area contributed by atoms with E-state index in [-0.39, 0.29) is 23.9 Å². The van der Waals surface area contributed by atoms with Crippen LogP contribution in [0.4, 0.5) is 23.7 Å². The molecule has 5 rings (SSSR count). The Kier molecular flexibility index (Phi) is 4.00. The van der Waals surface area contributed by atoms with E-state index in [9.17, 15) is 18.0 Å². The molecule has 2 aromatic heterocycles. The average molecular weight is 417 g/mol. The van der Waals surface area contributed by atoms with Crippen LogP contribution in [0.1, 0.15) is 30.7 Å². The first-order valence-corrected chi connectivity index (χ1v) is 8.72. The molecule has 0 saturated heterocycles. The Morgan fingerprint density at radius 1 is 1.36 bits per heavy atom. The lowest BCUT2D eigenvalue weighted by molar-refractivity contribution is -0.159. The standard InChI is InChI=1S/C16H16ClF3N6O2/c1-28-13-22-3-10(4-23-13)25(12(21)27)5-9-2-11(16(18,19)20)26(24-9)15-6-14(17,7-15)8-15/h2-4H,5-8H2,1H3,(H2,21,27). The summed E-state index contributed by atoms with van der Waals surface area (Å²) in [5.41, 5.74) is 4.09. The molecule has 3 saturated carbocycles. The smallest absolute Gasteiger partial charge is 0.433 e. The minimum atomic E-state index is -4.58. The molecule has 2 amide bonds. The highest BCUT2D eigenvalue weighted by molar-refractivity contribution is 6.26. The van der Waals surface area contributed by atoms with Crippen LogP contribution in [0.5, 0.6) is 6.01 Å². The van der Waals surface area contributed by atoms with Crippen LogP contribution >= 0.6 is 11.6 Å². The fourth-order valence-corrected chi connectivity index (χ4v) is 4.67. The molecule has 0 aliphatic heterocycles. The second kappa shape index (κ2) is 5.97. The second-order valence-corrected chi connectivity index (χ2v) is 7.99. The molecular formula is C16H16ClF3N6O2. The summed E-state index contributed by atoms with van der Waals surface area (Å²) in [6.45, 7) is -0.261. The van der Waals surface area contributed by atoms with Gasteiger partial charge in [0.25, 0.3) is 0 Å². The number of ether oxygens (including phenoxy) is 1. The summed E-state index contributed by atoms with van der Waals surface area (Å²) in [5, 5.41) is 4.14. The number of aromatic nitrogens is 4. The van der Waals surface area contributed by atoms with Gasteiger partial charge in [0.2, 0.25) is 0 Å². The Hall–Kier alpha value is -2.56. The quantitative estimate of drug-likeness (QED) is 0.755. The Bertz CT molecular complexity index is 910. The Balaban J connectivity index is 1.64. The molecule has 8 nitrogen and oxygen atoms in total. The van der Waals surface area contributed by atoms with E-state index >= 15 is 0 Å². The molecule has 12 heteroatoms. The number of alkyl halides is 4. The van der Waals surface area contributed by atoms with E-state index in [2.05, 4.69) is 15.1 Å². The van der Waals surface area contributed by atoms with Gasteiger partial charge in [-0.3, -0.25) is 9.58 Å². The van der Waals surface area contributed by atoms with Crippen molar-refractivity contribution in [2.75, 3.05) is 12.0 Å². The molecule has 28 heavy (non-hydrogen) atoms. The summed E-state index contributed by atoms with van der Waals surface area (Å²) in [6, 6.07) is 0.138. The topological polar surface area (TPSA) is 99.2 Å². The highest BCUT2D eigenvalue weighted by Gasteiger charge is 2.70. The SMILES string of the molecule is COc1ncc(N(Cc2cc(C(F)(F)F)n(C34CC(Cl)(C3)C4)n2)C(N)=O)cn1. The van der Waals surface area contributed by atoms with E-state index in [1.54, 1.807) is 0 Å². The largest absolute Gasteiger partial charge is 0.467 e. The van der Waals surface area contributed by atoms with Gasteiger partial charge in [-0.15, -0.1) is 11.6 Å². The molecule has 2 heterocycles. The van der Waals surface area contributed by atoms with Crippen molar-refractivity contribution in [1.29, 1.82) is 0 Å². The normalized spacial score (nSPS) is 25.6. The summed E-state index contributed by atoms with van der Waals surface area (Å²) in [7, 11) is 1.38. The Morgan fingerprint density at radius 2 is 1.96 bits per heavy atom. The average Bonchev–Trinajstić information content (AvgIpc) is 3.00. The molecule has 0 radical (unpaired) electrons. The summed E-state index contributed by atoms with van der Waals surface area (Å²) in [6.07, 6.45) is -0.679. The van der Waals surface area contributed by atoms with Crippen molar-refractivity contribution < 1.29 is 22.7 Å². The summed E-state index contributed by atoms with van der Waals surface area (Å²) in [5.74, 6) is 0. The van der Waals surface area contributed by atoms with Crippen LogP contribution in [0.2, 0.25) is 0 Å². The predicted octanol–water partition coefficient (Wildman–Crippen LogP) is 2.66. The fraction of sp³-hybridized carbons (Fsp3) is 0.500. The van der Waals surface area contributed by atoms with E-state index < -0.39 is 28.3 Å². The zero-order chi connectivity index (χ0) is 20.3. The molecule has 3 aliphatic carbocycles. The lowest BCUT2D eigenvalue weighted by Gasteiger charge is -2.67. The van der Waals surface area contributed by atoms with Crippen LogP contribution in [0.15, 0.2) is 18.5 Å². The number of carbonyl (C=O) groups excluding carboxylic acids is 1. The van der Waals surface area contributed by atoms with Crippen molar-refractivity contribution in [2.24, 2.45) is 5.73 Å². The molecule has 0 atom stereocenters. The first-order valence-electron chi connectivity index (χ1n) is 8.34. The van der Waals surface area contributed by atoms with E-state index in [0.29, 0.717) is 19.3 Å². The lowest BCUT2D eigenvalue weighted by atomic mass is 9.49. The van der Waals surface area contributed by atoms with Gasteiger partial charge in [0.15, 0.2) is 0 Å². The minimum absolute atomic E-state index is 0.0512. The molecule has 0 unspecified atom stereocenters. The lowest BCUT2D eigenvalue weighted by Crippen LogP contribution is -2.70. The third-order valence-corrected chi connectivity index (χ3v) is 5.53. The summed E-state index contributed by atoms with van der Waals surface area (Å²) in [4.78, 5) is 20.2. The first-order chi connectivity index (χ1) is 13.1. The number of anilines is 1. The minimum Gasteiger partial charge on any atom is -0.467 e. The molecule has 150 valence electrons. The molecule has 0 spiro atoms. The predicted molar refractivity (Wildman–Crippen MR) is 92.0 cm³/mol. The highest BCUT2D eigenvalue weighted by atomic mass is 35.5. The number of hydrogen-bond acceptors (Lipinski definition) is 5. The van der Waals surface area contributed by atoms with Crippen molar-refractivity contribution in [2.45, 2.75) is 42.4 Å². The maximum atomic E-state index is 13.5. The Morgan fingerprint density at radius 3 is 2.43 bits per heavy atom. The maximum Gasteiger partial charge on any atom is 0.433 e. The zero-order valence-electron chi connectivity index (χ0n) is 14.7. The number of methoxy groups -OCH3 is 1. The maximum absolute atomic E-state index is 13.5. The third-order valence-electron chi connectivity index (χ3n) is 5.13. The van der Waals surface area contributed by atoms with Crippen LogP contribution in [0, 0.1) is 0 Å². The third kappa shape index (κ3) is 2.93. The number of nitrogens with two attached hydrogens (primary N) is 1. The van der Waals surface area contributed by atoms with Gasteiger partial charge in [0.1, 0.15) is 5.69 Å². The van der Waals surface area contributed by atoms with Crippen molar-refractivity contribution in [3.05, 3.63) is 29.8 Å². The van der Waals surface area contributed by atoms with Gasteiger partial charge in [-0.2, -0.15) is 18.3 Å². The van der Waals surface area contributed by atoms with Gasteiger partial charge < -0.3 is 10.5 Å². The van der Waals surface area contributed by atoms with Crippen LogP contribution in [0.25, 0.3) is 0 Å². The number of carbonyl (C=O) groups is 1. The molecule has 2 aromatic rings. The molecule has 3 aliphatic rings. The van der Waals surface area contributed by atoms with E-state index in [0.717, 1.165) is 15.6 Å². The molecule has 2 bridgehead atoms. The number of primary amides is 1. The summed E-state index contributed by atoms with van der Waals surface area (Å²) >= 11 is 6.20. The number of urea groups is 1. The zero-order valence-corrected chi connectivity index (χ0v) is 15.5. The van der Waals surface area contributed by atoms with Crippen LogP contribution in [-0.4, -0.2) is 37.8 Å². The van der Waals surface area contributed by atoms with Crippen LogP contribution in [-0.2, 0) is 18.3 Å². The molecule has 0 aromatic carbocycles. The van der Waals surface area contributed by atoms with E-state index in [4.69, 9.17) is 22.1 Å². The summed E-state index contributed by atoms with van der Waals surface area (Å²) < 4.78 is 46.5. The van der Waals surface area contributed by atoms with Gasteiger partial charge in [-0.1, -0.05) is 0 Å². The molecular weight excluding hydrogens is 401 g/mol. The van der Waals surface area contributed by atoms with Crippen molar-refractivity contribution in [3.63, 3.8) is 0 Å². The highest BCUT2D eigenvalue weighted by Crippen LogP contribution is 2.69. The van der Waals surface area contributed by atoms with Gasteiger partial charge in [0.05, 0.1) is 47.8 Å². The fourth-order valence-electron chi connectivity index (χ4n) is 3.92. The van der Waals surface area contributed by atoms with Crippen molar-refractivity contribution in [1.82, 2.24) is 19.7 Å². The molecule has 3 fully saturated rings. The number of nitrogens with zero attached hydrogens (tertiary/aromatic N) is 5. The second-order valence-electron chi connectivity index (χ2n) is 7.19. The number of amides is 2. The van der Waals surface area contributed by atoms with Crippen molar-refractivity contribution >= 4 is 23.3 Å². The van der Waals surface area contributed by atoms with E-state index in [1.165, 1.54) is 19.5 Å². The Labute approximate surface area is 162 Å². The van der Waals surface area contributed by atoms with Gasteiger partial charge in [-0.25, -0.2) is 14.8 Å². The molecule has 2 N–H and O–H groups in total. The monoisotopic (exact) mass is 416 g/mol. The van der Waals surface area contributed by atoms with Gasteiger partial charge in [0, 0.05) is 0 Å².